The molecular weight excluding hydrogens is 358 g/mol. The third-order valence-corrected chi connectivity index (χ3v) is 5.88. The van der Waals surface area contributed by atoms with Crippen molar-refractivity contribution in [2.45, 2.75) is 25.7 Å². The van der Waals surface area contributed by atoms with Crippen LogP contribution in [-0.2, 0) is 10.0 Å². The van der Waals surface area contributed by atoms with Crippen LogP contribution in [0.2, 0.25) is 0 Å². The number of hydrogen-bond donors (Lipinski definition) is 2. The zero-order valence-electron chi connectivity index (χ0n) is 14.8. The number of nitrogens with one attached hydrogen (secondary N) is 2. The summed E-state index contributed by atoms with van der Waals surface area (Å²) in [5.74, 6) is -1.20. The van der Waals surface area contributed by atoms with Crippen LogP contribution in [0.3, 0.4) is 0 Å². The summed E-state index contributed by atoms with van der Waals surface area (Å²) in [6.45, 7) is 5.82. The van der Waals surface area contributed by atoms with Crippen LogP contribution in [0.25, 0.3) is 0 Å². The molecule has 2 rings (SSSR count). The Morgan fingerprint density at radius 1 is 1.08 bits per heavy atom. The van der Waals surface area contributed by atoms with E-state index in [1.807, 2.05) is 0 Å². The monoisotopic (exact) mass is 379 g/mol. The van der Waals surface area contributed by atoms with Crippen molar-refractivity contribution in [2.75, 3.05) is 13.1 Å². The number of sulfonamides is 1. The minimum atomic E-state index is -3.69. The second-order valence-electron chi connectivity index (χ2n) is 5.45. The van der Waals surface area contributed by atoms with E-state index in [9.17, 15) is 18.0 Å². The maximum Gasteiger partial charge on any atom is 0.305 e. The van der Waals surface area contributed by atoms with Gasteiger partial charge in [-0.1, -0.05) is 19.9 Å². The summed E-state index contributed by atoms with van der Waals surface area (Å²) in [7, 11) is -3.69. The predicted octanol–water partition coefficient (Wildman–Crippen LogP) is 1.69. The summed E-state index contributed by atoms with van der Waals surface area (Å²) in [5, 5.41) is 0. The molecular formula is C17H21N3O5S. The van der Waals surface area contributed by atoms with Crippen LogP contribution in [0.4, 0.5) is 0 Å². The normalized spacial score (nSPS) is 11.4. The molecule has 9 heteroatoms. The molecule has 2 amide bonds. The van der Waals surface area contributed by atoms with Crippen LogP contribution >= 0.6 is 0 Å². The molecule has 0 aliphatic carbocycles. The van der Waals surface area contributed by atoms with Gasteiger partial charge in [-0.05, 0) is 36.8 Å². The fourth-order valence-corrected chi connectivity index (χ4v) is 3.85. The SMILES string of the molecule is CCN(CC)S(=O)(=O)c1ccc(C)c(C(=O)NNC(=O)c2ccco2)c1. The molecule has 1 aromatic carbocycles. The molecule has 2 aromatic rings. The molecule has 0 unspecified atom stereocenters. The number of carbonyl (C=O) groups excluding carboxylic acids is 2. The summed E-state index contributed by atoms with van der Waals surface area (Å²) in [5.41, 5.74) is 5.21. The van der Waals surface area contributed by atoms with Gasteiger partial charge in [0.25, 0.3) is 5.91 Å². The van der Waals surface area contributed by atoms with Gasteiger partial charge in [0.1, 0.15) is 0 Å². The molecule has 0 spiro atoms. The lowest BCUT2D eigenvalue weighted by Crippen LogP contribution is -2.41. The van der Waals surface area contributed by atoms with Gasteiger partial charge in [-0.3, -0.25) is 20.4 Å². The van der Waals surface area contributed by atoms with Crippen molar-refractivity contribution in [3.63, 3.8) is 0 Å². The Labute approximate surface area is 152 Å². The van der Waals surface area contributed by atoms with Crippen molar-refractivity contribution in [3.8, 4) is 0 Å². The predicted molar refractivity (Wildman–Crippen MR) is 94.9 cm³/mol. The largest absolute Gasteiger partial charge is 0.459 e. The number of furan rings is 1. The van der Waals surface area contributed by atoms with Crippen LogP contribution in [0.15, 0.2) is 45.9 Å². The molecule has 0 saturated carbocycles. The van der Waals surface area contributed by atoms with Crippen molar-refractivity contribution in [3.05, 3.63) is 53.5 Å². The van der Waals surface area contributed by atoms with E-state index in [0.29, 0.717) is 18.7 Å². The summed E-state index contributed by atoms with van der Waals surface area (Å²) in [6.07, 6.45) is 1.34. The molecule has 1 heterocycles. The molecule has 2 N–H and O–H groups in total. The van der Waals surface area contributed by atoms with Gasteiger partial charge in [0.05, 0.1) is 11.2 Å². The Morgan fingerprint density at radius 3 is 2.31 bits per heavy atom. The second-order valence-corrected chi connectivity index (χ2v) is 7.39. The van der Waals surface area contributed by atoms with Gasteiger partial charge in [-0.25, -0.2) is 8.42 Å². The van der Waals surface area contributed by atoms with Crippen molar-refractivity contribution in [2.24, 2.45) is 0 Å². The fraction of sp³-hybridized carbons (Fsp3) is 0.294. The number of aryl methyl sites for hydroxylation is 1. The highest BCUT2D eigenvalue weighted by Crippen LogP contribution is 2.19. The second kappa shape index (κ2) is 8.15. The van der Waals surface area contributed by atoms with Gasteiger partial charge >= 0.3 is 5.91 Å². The first-order valence-electron chi connectivity index (χ1n) is 8.06. The smallest absolute Gasteiger partial charge is 0.305 e. The number of nitrogens with zero attached hydrogens (tertiary/aromatic N) is 1. The molecule has 1 aromatic heterocycles. The maximum atomic E-state index is 12.6. The molecule has 0 bridgehead atoms. The van der Waals surface area contributed by atoms with E-state index in [4.69, 9.17) is 4.42 Å². The lowest BCUT2D eigenvalue weighted by atomic mass is 10.1. The van der Waals surface area contributed by atoms with Crippen molar-refractivity contribution < 1.29 is 22.4 Å². The Balaban J connectivity index is 2.21. The number of carbonyl (C=O) groups is 2. The zero-order chi connectivity index (χ0) is 19.3. The van der Waals surface area contributed by atoms with Gasteiger partial charge in [-0.2, -0.15) is 4.31 Å². The zero-order valence-corrected chi connectivity index (χ0v) is 15.6. The van der Waals surface area contributed by atoms with Gasteiger partial charge in [0, 0.05) is 18.7 Å². The standard InChI is InChI=1S/C17H21N3O5S/c1-4-20(5-2)26(23,24)13-9-8-12(3)14(11-13)16(21)18-19-17(22)15-7-6-10-25-15/h6-11H,4-5H2,1-3H3,(H,18,21)(H,19,22). The minimum absolute atomic E-state index is 0.0225. The highest BCUT2D eigenvalue weighted by Gasteiger charge is 2.23. The summed E-state index contributed by atoms with van der Waals surface area (Å²) < 4.78 is 31.5. The van der Waals surface area contributed by atoms with Crippen LogP contribution < -0.4 is 10.9 Å². The fourth-order valence-electron chi connectivity index (χ4n) is 2.37. The van der Waals surface area contributed by atoms with Crippen molar-refractivity contribution in [1.29, 1.82) is 0 Å². The first kappa shape index (κ1) is 19.7. The first-order chi connectivity index (χ1) is 12.3. The molecule has 0 aliphatic rings. The number of hydrogen-bond acceptors (Lipinski definition) is 5. The van der Waals surface area contributed by atoms with Crippen LogP contribution in [0.5, 0.6) is 0 Å². The van der Waals surface area contributed by atoms with Gasteiger partial charge in [0.15, 0.2) is 5.76 Å². The first-order valence-corrected chi connectivity index (χ1v) is 9.50. The topological polar surface area (TPSA) is 109 Å². The van der Waals surface area contributed by atoms with Gasteiger partial charge in [0.2, 0.25) is 10.0 Å². The van der Waals surface area contributed by atoms with Crippen LogP contribution in [-0.4, -0.2) is 37.6 Å². The third kappa shape index (κ3) is 4.12. The highest BCUT2D eigenvalue weighted by atomic mass is 32.2. The highest BCUT2D eigenvalue weighted by molar-refractivity contribution is 7.89. The summed E-state index contributed by atoms with van der Waals surface area (Å²) >= 11 is 0. The Morgan fingerprint density at radius 2 is 1.73 bits per heavy atom. The quantitative estimate of drug-likeness (QED) is 0.743. The maximum absolute atomic E-state index is 12.6. The summed E-state index contributed by atoms with van der Waals surface area (Å²) in [4.78, 5) is 24.2. The molecule has 140 valence electrons. The molecule has 0 fully saturated rings. The van der Waals surface area contributed by atoms with E-state index in [1.165, 1.54) is 28.8 Å². The van der Waals surface area contributed by atoms with Crippen LogP contribution in [0.1, 0.15) is 40.3 Å². The lowest BCUT2D eigenvalue weighted by Gasteiger charge is -2.19. The molecule has 0 radical (unpaired) electrons. The van der Waals surface area contributed by atoms with E-state index >= 15 is 0 Å². The van der Waals surface area contributed by atoms with E-state index in [-0.39, 0.29) is 16.2 Å². The van der Waals surface area contributed by atoms with E-state index in [0.717, 1.165) is 0 Å². The Bertz CT molecular complexity index is 887. The number of benzene rings is 1. The minimum Gasteiger partial charge on any atom is -0.459 e. The Hall–Kier alpha value is -2.65. The van der Waals surface area contributed by atoms with E-state index in [1.54, 1.807) is 32.9 Å². The average molecular weight is 379 g/mol. The molecule has 8 nitrogen and oxygen atoms in total. The number of rotatable bonds is 6. The molecule has 0 aliphatic heterocycles. The third-order valence-electron chi connectivity index (χ3n) is 3.83. The summed E-state index contributed by atoms with van der Waals surface area (Å²) in [6, 6.07) is 7.31. The van der Waals surface area contributed by atoms with Crippen molar-refractivity contribution >= 4 is 21.8 Å². The van der Waals surface area contributed by atoms with E-state index in [2.05, 4.69) is 10.9 Å². The molecule has 26 heavy (non-hydrogen) atoms. The van der Waals surface area contributed by atoms with Crippen molar-refractivity contribution in [1.82, 2.24) is 15.2 Å². The molecule has 0 atom stereocenters. The lowest BCUT2D eigenvalue weighted by molar-refractivity contribution is 0.0830. The average Bonchev–Trinajstić information content (AvgIpc) is 3.15. The van der Waals surface area contributed by atoms with E-state index < -0.39 is 21.8 Å². The van der Waals surface area contributed by atoms with Gasteiger partial charge < -0.3 is 4.42 Å². The van der Waals surface area contributed by atoms with Gasteiger partial charge in [-0.15, -0.1) is 0 Å². The molecule has 0 saturated heterocycles. The number of hydrazine groups is 1. The number of amides is 2. The van der Waals surface area contributed by atoms with Crippen LogP contribution in [0, 0.1) is 6.92 Å². The Kier molecular flexibility index (Phi) is 6.17.